The molecular formula is C12H18N4O3. The van der Waals surface area contributed by atoms with Crippen LogP contribution in [-0.4, -0.2) is 51.2 Å². The summed E-state index contributed by atoms with van der Waals surface area (Å²) in [7, 11) is 0. The molecule has 1 aliphatic rings. The van der Waals surface area contributed by atoms with Crippen LogP contribution < -0.4 is 0 Å². The minimum Gasteiger partial charge on any atom is -0.466 e. The fraction of sp³-hybridized carbons (Fsp3) is 0.667. The van der Waals surface area contributed by atoms with E-state index in [1.165, 1.54) is 17.3 Å². The Labute approximate surface area is 111 Å². The summed E-state index contributed by atoms with van der Waals surface area (Å²) in [6, 6.07) is 0. The second-order valence-corrected chi connectivity index (χ2v) is 4.52. The molecule has 0 spiro atoms. The molecule has 1 saturated heterocycles. The second-order valence-electron chi connectivity index (χ2n) is 4.52. The number of aromatic nitrogens is 3. The van der Waals surface area contributed by atoms with Gasteiger partial charge in [-0.2, -0.15) is 5.10 Å². The van der Waals surface area contributed by atoms with Gasteiger partial charge in [0.25, 0.3) is 0 Å². The van der Waals surface area contributed by atoms with Crippen molar-refractivity contribution in [3.63, 3.8) is 0 Å². The number of piperidine rings is 1. The number of likely N-dealkylation sites (tertiary alicyclic amines) is 1. The third-order valence-electron chi connectivity index (χ3n) is 3.16. The van der Waals surface area contributed by atoms with Crippen LogP contribution in [0.15, 0.2) is 12.7 Å². The Morgan fingerprint density at radius 2 is 2.32 bits per heavy atom. The summed E-state index contributed by atoms with van der Waals surface area (Å²) in [6.07, 6.45) is 4.51. The van der Waals surface area contributed by atoms with Crippen LogP contribution in [-0.2, 0) is 20.9 Å². The maximum Gasteiger partial charge on any atom is 0.310 e. The van der Waals surface area contributed by atoms with Crippen LogP contribution in [0.2, 0.25) is 0 Å². The number of carbonyl (C=O) groups excluding carboxylic acids is 2. The summed E-state index contributed by atoms with van der Waals surface area (Å²) in [4.78, 5) is 29.3. The quantitative estimate of drug-likeness (QED) is 0.721. The van der Waals surface area contributed by atoms with Gasteiger partial charge in [-0.15, -0.1) is 0 Å². The minimum atomic E-state index is -0.208. The van der Waals surface area contributed by atoms with E-state index in [2.05, 4.69) is 10.1 Å². The normalized spacial score (nSPS) is 19.2. The lowest BCUT2D eigenvalue weighted by molar-refractivity contribution is -0.151. The zero-order valence-corrected chi connectivity index (χ0v) is 11.0. The molecule has 7 nitrogen and oxygen atoms in total. The first-order valence-corrected chi connectivity index (χ1v) is 6.47. The van der Waals surface area contributed by atoms with Crippen molar-refractivity contribution in [1.82, 2.24) is 19.7 Å². The molecule has 0 N–H and O–H groups in total. The van der Waals surface area contributed by atoms with E-state index in [0.29, 0.717) is 19.7 Å². The maximum atomic E-state index is 12.1. The number of nitrogens with zero attached hydrogens (tertiary/aromatic N) is 4. The highest BCUT2D eigenvalue weighted by molar-refractivity contribution is 5.78. The van der Waals surface area contributed by atoms with Crippen LogP contribution in [0.4, 0.5) is 0 Å². The van der Waals surface area contributed by atoms with Crippen LogP contribution >= 0.6 is 0 Å². The summed E-state index contributed by atoms with van der Waals surface area (Å²) in [5.41, 5.74) is 0. The fourth-order valence-corrected chi connectivity index (χ4v) is 2.21. The lowest BCUT2D eigenvalue weighted by Crippen LogP contribution is -2.44. The SMILES string of the molecule is CCOC(=O)[C@@H]1CCCN(C(=O)Cn2cncn2)C1. The van der Waals surface area contributed by atoms with Crippen LogP contribution in [0.1, 0.15) is 19.8 Å². The first-order valence-electron chi connectivity index (χ1n) is 6.47. The third kappa shape index (κ3) is 3.52. The second kappa shape index (κ2) is 6.31. The van der Waals surface area contributed by atoms with Crippen LogP contribution in [0, 0.1) is 5.92 Å². The number of hydrogen-bond acceptors (Lipinski definition) is 5. The molecule has 0 aromatic carbocycles. The lowest BCUT2D eigenvalue weighted by atomic mass is 9.98. The Bertz CT molecular complexity index is 432. The highest BCUT2D eigenvalue weighted by atomic mass is 16.5. The summed E-state index contributed by atoms with van der Waals surface area (Å²) < 4.78 is 6.49. The van der Waals surface area contributed by atoms with E-state index in [-0.39, 0.29) is 24.3 Å². The van der Waals surface area contributed by atoms with Gasteiger partial charge in [-0.05, 0) is 19.8 Å². The van der Waals surface area contributed by atoms with Gasteiger partial charge in [0.1, 0.15) is 19.2 Å². The number of rotatable bonds is 4. The standard InChI is InChI=1S/C12H18N4O3/c1-2-19-12(18)10-4-3-5-15(6-10)11(17)7-16-9-13-8-14-16/h8-10H,2-7H2,1H3/t10-/m1/s1. The molecular weight excluding hydrogens is 248 g/mol. The number of amides is 1. The smallest absolute Gasteiger partial charge is 0.310 e. The van der Waals surface area contributed by atoms with Crippen molar-refractivity contribution in [2.75, 3.05) is 19.7 Å². The lowest BCUT2D eigenvalue weighted by Gasteiger charge is -2.31. The Kier molecular flexibility index (Phi) is 4.48. The molecule has 0 radical (unpaired) electrons. The molecule has 0 unspecified atom stereocenters. The van der Waals surface area contributed by atoms with Gasteiger partial charge in [0, 0.05) is 13.1 Å². The molecule has 1 fully saturated rings. The van der Waals surface area contributed by atoms with Gasteiger partial charge in [-0.3, -0.25) is 9.59 Å². The average Bonchev–Trinajstić information content (AvgIpc) is 2.92. The van der Waals surface area contributed by atoms with E-state index in [9.17, 15) is 9.59 Å². The van der Waals surface area contributed by atoms with Gasteiger partial charge in [0.15, 0.2) is 0 Å². The van der Waals surface area contributed by atoms with Gasteiger partial charge in [-0.25, -0.2) is 9.67 Å². The molecule has 0 saturated carbocycles. The summed E-state index contributed by atoms with van der Waals surface area (Å²) in [6.45, 7) is 3.45. The number of hydrogen-bond donors (Lipinski definition) is 0. The Hall–Kier alpha value is -1.92. The number of ether oxygens (including phenoxy) is 1. The highest BCUT2D eigenvalue weighted by Crippen LogP contribution is 2.18. The molecule has 1 atom stereocenters. The highest BCUT2D eigenvalue weighted by Gasteiger charge is 2.29. The molecule has 1 aromatic heterocycles. The molecule has 0 bridgehead atoms. The third-order valence-corrected chi connectivity index (χ3v) is 3.16. The van der Waals surface area contributed by atoms with Crippen LogP contribution in [0.25, 0.3) is 0 Å². The zero-order valence-electron chi connectivity index (χ0n) is 11.0. The molecule has 1 amide bonds. The van der Waals surface area contributed by atoms with Crippen molar-refractivity contribution < 1.29 is 14.3 Å². The van der Waals surface area contributed by atoms with E-state index < -0.39 is 0 Å². The summed E-state index contributed by atoms with van der Waals surface area (Å²) in [5, 5.41) is 3.90. The molecule has 2 heterocycles. The van der Waals surface area contributed by atoms with Crippen molar-refractivity contribution in [2.45, 2.75) is 26.3 Å². The number of carbonyl (C=O) groups is 2. The van der Waals surface area contributed by atoms with Gasteiger partial charge >= 0.3 is 5.97 Å². The topological polar surface area (TPSA) is 77.3 Å². The molecule has 2 rings (SSSR count). The predicted octanol–water partition coefficient (Wildman–Crippen LogP) is 0.0798. The summed E-state index contributed by atoms with van der Waals surface area (Å²) in [5.74, 6) is -0.450. The molecule has 19 heavy (non-hydrogen) atoms. The molecule has 7 heteroatoms. The van der Waals surface area contributed by atoms with Gasteiger partial charge in [-0.1, -0.05) is 0 Å². The minimum absolute atomic E-state index is 0.0421. The first-order chi connectivity index (χ1) is 9.20. The van der Waals surface area contributed by atoms with Crippen molar-refractivity contribution >= 4 is 11.9 Å². The Morgan fingerprint density at radius 3 is 3.00 bits per heavy atom. The van der Waals surface area contributed by atoms with E-state index in [1.54, 1.807) is 11.8 Å². The Morgan fingerprint density at radius 1 is 1.47 bits per heavy atom. The van der Waals surface area contributed by atoms with Crippen LogP contribution in [0.3, 0.4) is 0 Å². The molecule has 1 aliphatic heterocycles. The van der Waals surface area contributed by atoms with Crippen molar-refractivity contribution in [1.29, 1.82) is 0 Å². The predicted molar refractivity (Wildman–Crippen MR) is 66.0 cm³/mol. The average molecular weight is 266 g/mol. The van der Waals surface area contributed by atoms with Gasteiger partial charge < -0.3 is 9.64 Å². The summed E-state index contributed by atoms with van der Waals surface area (Å²) >= 11 is 0. The van der Waals surface area contributed by atoms with Crippen molar-refractivity contribution in [2.24, 2.45) is 5.92 Å². The van der Waals surface area contributed by atoms with Crippen molar-refractivity contribution in [3.05, 3.63) is 12.7 Å². The molecule has 0 aliphatic carbocycles. The zero-order chi connectivity index (χ0) is 13.7. The Balaban J connectivity index is 1.89. The molecule has 104 valence electrons. The monoisotopic (exact) mass is 266 g/mol. The van der Waals surface area contributed by atoms with E-state index in [0.717, 1.165) is 12.8 Å². The fourth-order valence-electron chi connectivity index (χ4n) is 2.21. The van der Waals surface area contributed by atoms with Gasteiger partial charge in [0.05, 0.1) is 12.5 Å². The molecule has 1 aromatic rings. The van der Waals surface area contributed by atoms with Crippen molar-refractivity contribution in [3.8, 4) is 0 Å². The van der Waals surface area contributed by atoms with E-state index in [4.69, 9.17) is 4.74 Å². The largest absolute Gasteiger partial charge is 0.466 e. The first kappa shape index (κ1) is 13.5. The van der Waals surface area contributed by atoms with E-state index in [1.807, 2.05) is 0 Å². The van der Waals surface area contributed by atoms with Gasteiger partial charge in [0.2, 0.25) is 5.91 Å². The van der Waals surface area contributed by atoms with Crippen LogP contribution in [0.5, 0.6) is 0 Å². The number of esters is 1. The maximum absolute atomic E-state index is 12.1. The van der Waals surface area contributed by atoms with E-state index >= 15 is 0 Å².